The van der Waals surface area contributed by atoms with Gasteiger partial charge < -0.3 is 4.98 Å². The van der Waals surface area contributed by atoms with Crippen LogP contribution in [0.4, 0.5) is 0 Å². The Labute approximate surface area is 78.3 Å². The number of aryl methyl sites for hydroxylation is 1. The van der Waals surface area contributed by atoms with Gasteiger partial charge in [-0.1, -0.05) is 0 Å². The van der Waals surface area contributed by atoms with Gasteiger partial charge in [0.05, 0.1) is 6.42 Å². The summed E-state index contributed by atoms with van der Waals surface area (Å²) in [6.45, 7) is 1.54. The number of aromatic nitrogens is 2. The molecule has 1 heterocycles. The van der Waals surface area contributed by atoms with Crippen LogP contribution >= 0.6 is 0 Å². The molecule has 0 spiro atoms. The van der Waals surface area contributed by atoms with E-state index in [4.69, 9.17) is 5.84 Å². The first-order valence-corrected chi connectivity index (χ1v) is 3.86. The maximum atomic E-state index is 11.2. The summed E-state index contributed by atoms with van der Waals surface area (Å²) in [5.41, 5.74) is 1.30. The van der Waals surface area contributed by atoms with Crippen LogP contribution in [0.3, 0.4) is 0 Å². The minimum absolute atomic E-state index is 0.158. The number of hydrazine groups is 1. The van der Waals surface area contributed by atoms with Gasteiger partial charge in [-0.15, -0.1) is 0 Å². The first-order chi connectivity index (χ1) is 6.54. The number of aromatic amines is 2. The molecule has 0 saturated carbocycles. The minimum atomic E-state index is -0.593. The highest BCUT2D eigenvalue weighted by Crippen LogP contribution is 1.95. The Morgan fingerprint density at radius 1 is 1.43 bits per heavy atom. The van der Waals surface area contributed by atoms with Crippen LogP contribution in [0, 0.1) is 6.92 Å². The summed E-state index contributed by atoms with van der Waals surface area (Å²) in [6, 6.07) is 0. The molecular formula is C7H10N4O3. The fourth-order valence-electron chi connectivity index (χ4n) is 1.05. The van der Waals surface area contributed by atoms with Crippen molar-refractivity contribution in [1.82, 2.24) is 15.4 Å². The van der Waals surface area contributed by atoms with Crippen LogP contribution < -0.4 is 22.5 Å². The lowest BCUT2D eigenvalue weighted by Gasteiger charge is -2.01. The van der Waals surface area contributed by atoms with Gasteiger partial charge in [-0.05, 0) is 6.92 Å². The average molecular weight is 198 g/mol. The number of nitrogens with two attached hydrogens (primary N) is 1. The Morgan fingerprint density at radius 2 is 2.07 bits per heavy atom. The van der Waals surface area contributed by atoms with Crippen molar-refractivity contribution in [2.75, 3.05) is 0 Å². The molecule has 0 radical (unpaired) electrons. The summed E-state index contributed by atoms with van der Waals surface area (Å²) >= 11 is 0. The third-order valence-corrected chi connectivity index (χ3v) is 1.75. The van der Waals surface area contributed by atoms with Gasteiger partial charge in [0.2, 0.25) is 5.91 Å². The molecule has 0 atom stereocenters. The maximum Gasteiger partial charge on any atom is 0.325 e. The van der Waals surface area contributed by atoms with Crippen molar-refractivity contribution in [2.45, 2.75) is 13.3 Å². The van der Waals surface area contributed by atoms with E-state index in [-0.39, 0.29) is 12.0 Å². The predicted molar refractivity (Wildman–Crippen MR) is 48.5 cm³/mol. The molecule has 0 aliphatic heterocycles. The monoisotopic (exact) mass is 198 g/mol. The Bertz CT molecular complexity index is 459. The summed E-state index contributed by atoms with van der Waals surface area (Å²) in [7, 11) is 0. The van der Waals surface area contributed by atoms with Crippen molar-refractivity contribution in [1.29, 1.82) is 0 Å². The molecule has 7 nitrogen and oxygen atoms in total. The van der Waals surface area contributed by atoms with Crippen molar-refractivity contribution < 1.29 is 4.79 Å². The van der Waals surface area contributed by atoms with Crippen molar-refractivity contribution in [2.24, 2.45) is 5.84 Å². The summed E-state index contributed by atoms with van der Waals surface area (Å²) in [6.07, 6.45) is -0.158. The first kappa shape index (κ1) is 10.2. The number of amides is 1. The van der Waals surface area contributed by atoms with Gasteiger partial charge in [-0.2, -0.15) is 0 Å². The van der Waals surface area contributed by atoms with Crippen LogP contribution in [-0.4, -0.2) is 15.9 Å². The Balaban J connectivity index is 3.16. The third kappa shape index (κ3) is 2.07. The molecule has 0 aliphatic carbocycles. The summed E-state index contributed by atoms with van der Waals surface area (Å²) in [5, 5.41) is 0. The van der Waals surface area contributed by atoms with E-state index in [1.165, 1.54) is 6.92 Å². The topological polar surface area (TPSA) is 121 Å². The number of H-pyrrole nitrogens is 2. The zero-order valence-electron chi connectivity index (χ0n) is 7.51. The fraction of sp³-hybridized carbons (Fsp3) is 0.286. The number of rotatable bonds is 2. The van der Waals surface area contributed by atoms with Crippen LogP contribution in [0.1, 0.15) is 11.3 Å². The normalized spacial score (nSPS) is 9.86. The molecule has 1 aromatic heterocycles. The minimum Gasteiger partial charge on any atom is -0.311 e. The highest BCUT2D eigenvalue weighted by Gasteiger charge is 2.09. The number of hydrogen-bond donors (Lipinski definition) is 4. The maximum absolute atomic E-state index is 11.2. The Hall–Kier alpha value is -1.89. The molecule has 0 saturated heterocycles. The van der Waals surface area contributed by atoms with E-state index >= 15 is 0 Å². The van der Waals surface area contributed by atoms with Crippen LogP contribution in [0.2, 0.25) is 0 Å². The van der Waals surface area contributed by atoms with Gasteiger partial charge in [0.25, 0.3) is 5.56 Å². The lowest BCUT2D eigenvalue weighted by atomic mass is 10.1. The van der Waals surface area contributed by atoms with E-state index < -0.39 is 17.2 Å². The molecule has 76 valence electrons. The zero-order valence-corrected chi connectivity index (χ0v) is 7.51. The second kappa shape index (κ2) is 3.88. The Morgan fingerprint density at radius 3 is 2.57 bits per heavy atom. The first-order valence-electron chi connectivity index (χ1n) is 3.86. The van der Waals surface area contributed by atoms with Crippen LogP contribution in [0.5, 0.6) is 0 Å². The molecule has 0 bridgehead atoms. The van der Waals surface area contributed by atoms with E-state index in [0.717, 1.165) is 0 Å². The van der Waals surface area contributed by atoms with Gasteiger partial charge in [0.1, 0.15) is 0 Å². The molecule has 0 aromatic carbocycles. The number of hydrogen-bond acceptors (Lipinski definition) is 4. The van der Waals surface area contributed by atoms with Crippen LogP contribution in [-0.2, 0) is 11.2 Å². The third-order valence-electron chi connectivity index (χ3n) is 1.75. The smallest absolute Gasteiger partial charge is 0.311 e. The van der Waals surface area contributed by atoms with Crippen molar-refractivity contribution in [3.8, 4) is 0 Å². The summed E-state index contributed by atoms with van der Waals surface area (Å²) < 4.78 is 0. The second-order valence-electron chi connectivity index (χ2n) is 2.76. The van der Waals surface area contributed by atoms with E-state index in [2.05, 4.69) is 4.98 Å². The largest absolute Gasteiger partial charge is 0.325 e. The second-order valence-corrected chi connectivity index (χ2v) is 2.76. The van der Waals surface area contributed by atoms with Gasteiger partial charge in [-0.3, -0.25) is 20.0 Å². The van der Waals surface area contributed by atoms with Gasteiger partial charge >= 0.3 is 5.69 Å². The predicted octanol–water partition coefficient (Wildman–Crippen LogP) is -2.10. The number of nitrogens with one attached hydrogen (secondary N) is 3. The molecule has 0 unspecified atom stereocenters. The molecule has 0 aliphatic rings. The molecule has 1 aromatic rings. The van der Waals surface area contributed by atoms with Crippen molar-refractivity contribution >= 4 is 5.91 Å². The standard InChI is InChI=1S/C7H10N4O3/c1-3-4(2-5(12)11-8)6(13)10-7(14)9-3/h2,8H2,1H3,(H,11,12)(H2,9,10,13,14). The molecule has 14 heavy (non-hydrogen) atoms. The van der Waals surface area contributed by atoms with E-state index in [0.29, 0.717) is 5.69 Å². The Kier molecular flexibility index (Phi) is 2.82. The van der Waals surface area contributed by atoms with Gasteiger partial charge in [0.15, 0.2) is 0 Å². The van der Waals surface area contributed by atoms with Crippen molar-refractivity contribution in [3.63, 3.8) is 0 Å². The molecule has 7 heteroatoms. The quantitative estimate of drug-likeness (QED) is 0.247. The average Bonchev–Trinajstić information content (AvgIpc) is 2.10. The lowest BCUT2D eigenvalue weighted by molar-refractivity contribution is -0.120. The zero-order chi connectivity index (χ0) is 10.7. The number of carbonyl (C=O) groups excluding carboxylic acids is 1. The molecule has 1 amide bonds. The molecule has 0 fully saturated rings. The summed E-state index contributed by atoms with van der Waals surface area (Å²) in [5.74, 6) is 4.37. The SMILES string of the molecule is Cc1[nH]c(=O)[nH]c(=O)c1CC(=O)NN. The highest BCUT2D eigenvalue weighted by molar-refractivity contribution is 5.77. The molecule has 5 N–H and O–H groups in total. The molecule has 1 rings (SSSR count). The summed E-state index contributed by atoms with van der Waals surface area (Å²) in [4.78, 5) is 37.3. The van der Waals surface area contributed by atoms with Crippen LogP contribution in [0.15, 0.2) is 9.59 Å². The van der Waals surface area contributed by atoms with E-state index in [9.17, 15) is 14.4 Å². The van der Waals surface area contributed by atoms with Gasteiger partial charge in [-0.25, -0.2) is 10.6 Å². The van der Waals surface area contributed by atoms with E-state index in [1.807, 2.05) is 10.4 Å². The lowest BCUT2D eigenvalue weighted by Crippen LogP contribution is -2.35. The van der Waals surface area contributed by atoms with Crippen LogP contribution in [0.25, 0.3) is 0 Å². The number of carbonyl (C=O) groups is 1. The van der Waals surface area contributed by atoms with Gasteiger partial charge in [0, 0.05) is 11.3 Å². The van der Waals surface area contributed by atoms with Crippen molar-refractivity contribution in [3.05, 3.63) is 32.1 Å². The fourth-order valence-corrected chi connectivity index (χ4v) is 1.05. The van der Waals surface area contributed by atoms with E-state index in [1.54, 1.807) is 0 Å². The molecular weight excluding hydrogens is 188 g/mol. The highest BCUT2D eigenvalue weighted by atomic mass is 16.2.